The van der Waals surface area contributed by atoms with Crippen molar-refractivity contribution in [3.05, 3.63) is 46.9 Å². The first-order valence-electron chi connectivity index (χ1n) is 18.1. The third kappa shape index (κ3) is 6.21. The molecule has 0 aromatic carbocycles. The number of unbranched alkanes of at least 4 members (excludes halogenated alkanes) is 2. The molecule has 2 heterocycles. The molecule has 0 amide bonds. The Morgan fingerprint density at radius 2 is 1.74 bits per heavy atom. The average Bonchev–Trinajstić information content (AvgIpc) is 3.45. The lowest BCUT2D eigenvalue weighted by molar-refractivity contribution is -0.140. The number of hydrogen-bond donors (Lipinski definition) is 1. The van der Waals surface area contributed by atoms with Gasteiger partial charge in [-0.3, -0.25) is 14.5 Å². The number of ketones is 2. The van der Waals surface area contributed by atoms with Crippen LogP contribution in [0.15, 0.2) is 28.9 Å². The number of anilines is 1. The highest BCUT2D eigenvalue weighted by atomic mass is 28.4. The van der Waals surface area contributed by atoms with Crippen LogP contribution in [-0.2, 0) is 15.6 Å². The molecule has 50 heavy (non-hydrogen) atoms. The SMILES string of the molecule is C=CCN(C)[C@@H]1c2onc(OCCCC)c2C(=O)[C@@]2(O[Si](C)(C)C(C)(C)C)C(=O)C3=C(O)c4c(OCCCC)cnc(N(C)C)c4C[C@H]3C[C@@H]12. The van der Waals surface area contributed by atoms with E-state index in [1.165, 1.54) is 0 Å². The van der Waals surface area contributed by atoms with E-state index in [0.29, 0.717) is 55.5 Å². The number of likely N-dealkylation sites (N-methyl/N-ethyl adjacent to an activating group) is 1. The van der Waals surface area contributed by atoms with Crippen LogP contribution in [-0.4, -0.2) is 86.5 Å². The Bertz CT molecular complexity index is 1660. The number of aliphatic hydroxyl groups is 1. The number of carbonyl (C=O) groups excluding carboxylic acids is 2. The summed E-state index contributed by atoms with van der Waals surface area (Å²) in [5.74, 6) is -0.721. The summed E-state index contributed by atoms with van der Waals surface area (Å²) in [6.07, 6.45) is 7.62. The van der Waals surface area contributed by atoms with Gasteiger partial charge in [-0.05, 0) is 61.9 Å². The average molecular weight is 709 g/mol. The van der Waals surface area contributed by atoms with E-state index in [0.717, 1.165) is 31.2 Å². The van der Waals surface area contributed by atoms with Gasteiger partial charge in [-0.25, -0.2) is 4.98 Å². The fourth-order valence-electron chi connectivity index (χ4n) is 7.46. The third-order valence-corrected chi connectivity index (χ3v) is 15.5. The van der Waals surface area contributed by atoms with Gasteiger partial charge in [0.2, 0.25) is 11.6 Å². The summed E-state index contributed by atoms with van der Waals surface area (Å²) >= 11 is 0. The molecule has 2 aromatic rings. The van der Waals surface area contributed by atoms with E-state index in [1.807, 2.05) is 30.9 Å². The number of aromatic nitrogens is 2. The van der Waals surface area contributed by atoms with Crippen molar-refractivity contribution >= 4 is 31.5 Å². The number of rotatable bonds is 14. The first-order chi connectivity index (χ1) is 23.6. The van der Waals surface area contributed by atoms with Crippen LogP contribution in [0.1, 0.15) is 100 Å². The van der Waals surface area contributed by atoms with Crippen LogP contribution in [0.25, 0.3) is 5.76 Å². The van der Waals surface area contributed by atoms with Crippen molar-refractivity contribution in [2.45, 2.75) is 103 Å². The molecule has 1 saturated carbocycles. The normalized spacial score (nSPS) is 23.3. The number of carbonyl (C=O) groups is 2. The quantitative estimate of drug-likeness (QED) is 0.0917. The highest BCUT2D eigenvalue weighted by Crippen LogP contribution is 2.59. The second-order valence-corrected chi connectivity index (χ2v) is 20.5. The standard InChI is InChI=1S/C38H56N4O7Si/c1-12-15-18-46-26-22-39-35(41(7)8)24-20-23-21-25-30(42(9)17-14-3)32-29(36(40-48-32)47-19-16-13-2)34(45)38(25,49-50(10,11)37(4,5)6)33(44)27(23)31(43)28(24)26/h14,22-23,25,30,43H,3,12-13,15-21H2,1-2,4-11H3/t23-,25-,30-,38-/m0/s1. The number of aliphatic hydroxyl groups excluding tert-OH is 1. The summed E-state index contributed by atoms with van der Waals surface area (Å²) < 4.78 is 25.5. The van der Waals surface area contributed by atoms with Gasteiger partial charge in [0.1, 0.15) is 22.9 Å². The molecule has 1 N–H and O–H groups in total. The Kier molecular flexibility index (Phi) is 10.8. The number of Topliss-reactive ketones (excluding diaryl/α,β-unsaturated/α-hetero) is 2. The monoisotopic (exact) mass is 708 g/mol. The molecular formula is C38H56N4O7Si. The van der Waals surface area contributed by atoms with Crippen LogP contribution in [0.2, 0.25) is 18.1 Å². The predicted molar refractivity (Wildman–Crippen MR) is 197 cm³/mol. The second kappa shape index (κ2) is 14.3. The van der Waals surface area contributed by atoms with Crippen LogP contribution < -0.4 is 14.4 Å². The van der Waals surface area contributed by atoms with Gasteiger partial charge >= 0.3 is 0 Å². The fourth-order valence-corrected chi connectivity index (χ4v) is 8.91. The topological polar surface area (TPSA) is 127 Å². The molecule has 0 spiro atoms. The van der Waals surface area contributed by atoms with Crippen molar-refractivity contribution in [3.63, 3.8) is 0 Å². The maximum atomic E-state index is 15.6. The minimum absolute atomic E-state index is 0.0718. The zero-order valence-electron chi connectivity index (χ0n) is 31.6. The zero-order chi connectivity index (χ0) is 36.8. The second-order valence-electron chi connectivity index (χ2n) is 15.8. The van der Waals surface area contributed by atoms with Crippen molar-refractivity contribution in [2.24, 2.45) is 11.8 Å². The van der Waals surface area contributed by atoms with Crippen molar-refractivity contribution in [1.82, 2.24) is 15.0 Å². The van der Waals surface area contributed by atoms with Crippen LogP contribution in [0, 0.1) is 11.8 Å². The number of hydrogen-bond acceptors (Lipinski definition) is 11. The molecule has 12 heteroatoms. The Morgan fingerprint density at radius 1 is 1.08 bits per heavy atom. The Balaban J connectivity index is 1.80. The van der Waals surface area contributed by atoms with Crippen molar-refractivity contribution < 1.29 is 33.1 Å². The molecule has 3 aliphatic carbocycles. The summed E-state index contributed by atoms with van der Waals surface area (Å²) in [4.78, 5) is 39.7. The number of ether oxygens (including phenoxy) is 2. The van der Waals surface area contributed by atoms with E-state index in [-0.39, 0.29) is 27.8 Å². The molecule has 2 aromatic heterocycles. The maximum absolute atomic E-state index is 15.6. The minimum Gasteiger partial charge on any atom is -0.507 e. The smallest absolute Gasteiger partial charge is 0.265 e. The number of pyridine rings is 1. The van der Waals surface area contributed by atoms with E-state index in [1.54, 1.807) is 12.3 Å². The van der Waals surface area contributed by atoms with Crippen molar-refractivity contribution in [2.75, 3.05) is 45.8 Å². The fraction of sp³-hybridized carbons (Fsp3) is 0.632. The highest BCUT2D eigenvalue weighted by molar-refractivity contribution is 6.74. The van der Waals surface area contributed by atoms with Gasteiger partial charge in [-0.15, -0.1) is 6.58 Å². The van der Waals surface area contributed by atoms with E-state index in [2.05, 4.69) is 59.4 Å². The zero-order valence-corrected chi connectivity index (χ0v) is 32.6. The molecule has 0 saturated heterocycles. The first kappa shape index (κ1) is 37.8. The molecule has 5 rings (SSSR count). The van der Waals surface area contributed by atoms with Crippen molar-refractivity contribution in [3.8, 4) is 11.6 Å². The molecule has 11 nitrogen and oxygen atoms in total. The molecule has 274 valence electrons. The van der Waals surface area contributed by atoms with Gasteiger partial charge in [0.05, 0.1) is 31.0 Å². The van der Waals surface area contributed by atoms with E-state index < -0.39 is 43.4 Å². The molecule has 4 atom stereocenters. The van der Waals surface area contributed by atoms with Crippen LogP contribution in [0.3, 0.4) is 0 Å². The summed E-state index contributed by atoms with van der Waals surface area (Å²) in [7, 11) is 2.90. The third-order valence-electron chi connectivity index (χ3n) is 11.0. The van der Waals surface area contributed by atoms with E-state index in [9.17, 15) is 5.11 Å². The van der Waals surface area contributed by atoms with Gasteiger partial charge in [-0.2, -0.15) is 0 Å². The minimum atomic E-state index is -2.85. The number of nitrogens with zero attached hydrogens (tertiary/aromatic N) is 4. The van der Waals surface area contributed by atoms with Crippen LogP contribution in [0.4, 0.5) is 5.82 Å². The molecule has 1 fully saturated rings. The van der Waals surface area contributed by atoms with Gasteiger partial charge < -0.3 is 28.4 Å². The van der Waals surface area contributed by atoms with Gasteiger partial charge in [0, 0.05) is 37.7 Å². The molecule has 0 radical (unpaired) electrons. The highest BCUT2D eigenvalue weighted by Gasteiger charge is 2.69. The summed E-state index contributed by atoms with van der Waals surface area (Å²) in [6, 6.07) is -0.564. The van der Waals surface area contributed by atoms with Crippen LogP contribution >= 0.6 is 0 Å². The summed E-state index contributed by atoms with van der Waals surface area (Å²) in [5, 5.41) is 16.3. The Morgan fingerprint density at radius 3 is 2.34 bits per heavy atom. The molecule has 0 bridgehead atoms. The Labute approximate surface area is 298 Å². The first-order valence-corrected chi connectivity index (χ1v) is 21.0. The lowest BCUT2D eigenvalue weighted by atomic mass is 9.57. The van der Waals surface area contributed by atoms with Gasteiger partial charge in [0.25, 0.3) is 5.88 Å². The molecule has 0 aliphatic heterocycles. The molecule has 0 unspecified atom stereocenters. The number of fused-ring (bicyclic) bond motifs is 4. The van der Waals surface area contributed by atoms with E-state index >= 15 is 9.59 Å². The van der Waals surface area contributed by atoms with Gasteiger partial charge in [0.15, 0.2) is 19.7 Å². The largest absolute Gasteiger partial charge is 0.507 e. The van der Waals surface area contributed by atoms with Crippen LogP contribution in [0.5, 0.6) is 11.6 Å². The van der Waals surface area contributed by atoms with Gasteiger partial charge in [-0.1, -0.05) is 53.5 Å². The summed E-state index contributed by atoms with van der Waals surface area (Å²) in [6.45, 7) is 19.7. The Hall–Kier alpha value is -3.48. The lowest BCUT2D eigenvalue weighted by Gasteiger charge is -2.55. The predicted octanol–water partition coefficient (Wildman–Crippen LogP) is 7.34. The lowest BCUT2D eigenvalue weighted by Crippen LogP contribution is -2.68. The maximum Gasteiger partial charge on any atom is 0.265 e. The van der Waals surface area contributed by atoms with E-state index in [4.69, 9.17) is 23.4 Å². The molecule has 3 aliphatic rings. The van der Waals surface area contributed by atoms with Crippen molar-refractivity contribution in [1.29, 1.82) is 0 Å². The molecular weight excluding hydrogens is 653 g/mol. The summed E-state index contributed by atoms with van der Waals surface area (Å²) in [5.41, 5.74) is -0.343.